The third kappa shape index (κ3) is 2.42. The highest BCUT2D eigenvalue weighted by Crippen LogP contribution is 2.38. The molecule has 2 unspecified atom stereocenters. The van der Waals surface area contributed by atoms with Crippen molar-refractivity contribution < 1.29 is 19.0 Å². The van der Waals surface area contributed by atoms with Crippen molar-refractivity contribution >= 4 is 18.6 Å². The molecule has 2 atom stereocenters. The maximum Gasteiger partial charge on any atom is 0.333 e. The summed E-state index contributed by atoms with van der Waals surface area (Å²) < 4.78 is 16.2. The van der Waals surface area contributed by atoms with E-state index >= 15 is 0 Å². The summed E-state index contributed by atoms with van der Waals surface area (Å²) in [7, 11) is 0. The fourth-order valence-electron chi connectivity index (χ4n) is 2.06. The summed E-state index contributed by atoms with van der Waals surface area (Å²) in [4.78, 5) is 11.6. The molecule has 0 N–H and O–H groups in total. The maximum absolute atomic E-state index is 11.6. The van der Waals surface area contributed by atoms with Crippen molar-refractivity contribution in [3.8, 4) is 0 Å². The normalized spacial score (nSPS) is 33.9. The van der Waals surface area contributed by atoms with Crippen molar-refractivity contribution in [1.82, 2.24) is 0 Å². The number of allylic oxidation sites excluding steroid dienone is 1. The van der Waals surface area contributed by atoms with Gasteiger partial charge in [-0.1, -0.05) is 6.08 Å². The summed E-state index contributed by atoms with van der Waals surface area (Å²) >= 11 is 4.22. The minimum absolute atomic E-state index is 0.193. The largest absolute Gasteiger partial charge is 0.463 e. The van der Waals surface area contributed by atoms with Crippen LogP contribution in [-0.2, 0) is 19.0 Å². The Morgan fingerprint density at radius 2 is 2.56 bits per heavy atom. The van der Waals surface area contributed by atoms with Crippen LogP contribution >= 0.6 is 12.6 Å². The molecule has 0 aromatic rings. The quantitative estimate of drug-likeness (QED) is 0.592. The van der Waals surface area contributed by atoms with Crippen molar-refractivity contribution in [2.45, 2.75) is 37.4 Å². The van der Waals surface area contributed by atoms with Crippen molar-refractivity contribution in [2.24, 2.45) is 0 Å². The molecular formula is C11H16O4S. The molecule has 0 aromatic heterocycles. The van der Waals surface area contributed by atoms with Gasteiger partial charge >= 0.3 is 5.97 Å². The summed E-state index contributed by atoms with van der Waals surface area (Å²) in [5, 5.41) is 0. The Bertz CT molecular complexity index is 315. The lowest BCUT2D eigenvalue weighted by molar-refractivity contribution is -0.170. The van der Waals surface area contributed by atoms with E-state index < -0.39 is 5.79 Å². The molecule has 5 heteroatoms. The molecular weight excluding hydrogens is 228 g/mol. The first-order valence-corrected chi connectivity index (χ1v) is 6.03. The third-order valence-electron chi connectivity index (χ3n) is 2.75. The summed E-state index contributed by atoms with van der Waals surface area (Å²) in [6.07, 6.45) is 3.91. The second-order valence-electron chi connectivity index (χ2n) is 3.96. The molecule has 1 heterocycles. The Labute approximate surface area is 100 Å². The third-order valence-corrected chi connectivity index (χ3v) is 3.01. The number of hydrogen-bond acceptors (Lipinski definition) is 5. The van der Waals surface area contributed by atoms with Crippen molar-refractivity contribution in [2.75, 3.05) is 13.2 Å². The fourth-order valence-corrected chi connectivity index (χ4v) is 2.33. The van der Waals surface area contributed by atoms with Crippen LogP contribution in [0.1, 0.15) is 26.2 Å². The van der Waals surface area contributed by atoms with Gasteiger partial charge in [0.25, 0.3) is 0 Å². The Kier molecular flexibility index (Phi) is 3.56. The molecule has 1 aliphatic carbocycles. The van der Waals surface area contributed by atoms with Gasteiger partial charge in [0.1, 0.15) is 5.44 Å². The predicted molar refractivity (Wildman–Crippen MR) is 61.1 cm³/mol. The van der Waals surface area contributed by atoms with Gasteiger partial charge in [-0.05, 0) is 13.3 Å². The number of hydrogen-bond donors (Lipinski definition) is 1. The first kappa shape index (κ1) is 12.0. The van der Waals surface area contributed by atoms with Crippen LogP contribution in [0.15, 0.2) is 11.6 Å². The molecule has 2 aliphatic rings. The highest BCUT2D eigenvalue weighted by atomic mass is 32.1. The number of ether oxygens (including phenoxy) is 3. The van der Waals surface area contributed by atoms with Crippen molar-refractivity contribution in [3.05, 3.63) is 11.6 Å². The Hall–Kier alpha value is -0.520. The molecule has 1 aliphatic heterocycles. The lowest BCUT2D eigenvalue weighted by Gasteiger charge is -2.31. The van der Waals surface area contributed by atoms with Gasteiger partial charge in [0.05, 0.1) is 13.2 Å². The molecule has 0 saturated carbocycles. The van der Waals surface area contributed by atoms with Crippen LogP contribution in [0.5, 0.6) is 0 Å². The second-order valence-corrected chi connectivity index (χ2v) is 4.54. The molecule has 90 valence electrons. The van der Waals surface area contributed by atoms with E-state index in [0.717, 1.165) is 12.8 Å². The lowest BCUT2D eigenvalue weighted by atomic mass is 9.93. The van der Waals surface area contributed by atoms with E-state index in [0.29, 0.717) is 25.2 Å². The van der Waals surface area contributed by atoms with E-state index in [4.69, 9.17) is 14.2 Å². The second kappa shape index (κ2) is 4.77. The van der Waals surface area contributed by atoms with Crippen LogP contribution in [0.2, 0.25) is 0 Å². The smallest absolute Gasteiger partial charge is 0.333 e. The number of carbonyl (C=O) groups is 1. The maximum atomic E-state index is 11.6. The van der Waals surface area contributed by atoms with Crippen LogP contribution in [0, 0.1) is 0 Å². The minimum Gasteiger partial charge on any atom is -0.463 e. The summed E-state index contributed by atoms with van der Waals surface area (Å²) in [5.74, 6) is -0.917. The standard InChI is InChI=1S/C11H16O4S/c1-2-13-10(12)8-4-3-5-11(6-8)14-7-9(16)15-11/h4,9,16H,2-3,5-7H2,1H3. The van der Waals surface area contributed by atoms with Gasteiger partial charge in [-0.2, -0.15) is 0 Å². The molecule has 1 fully saturated rings. The number of rotatable bonds is 2. The number of thiol groups is 1. The highest BCUT2D eigenvalue weighted by molar-refractivity contribution is 7.80. The highest BCUT2D eigenvalue weighted by Gasteiger charge is 2.43. The zero-order chi connectivity index (χ0) is 11.6. The van der Waals surface area contributed by atoms with Gasteiger partial charge < -0.3 is 14.2 Å². The van der Waals surface area contributed by atoms with Crippen LogP contribution in [-0.4, -0.2) is 30.4 Å². The zero-order valence-electron chi connectivity index (χ0n) is 9.27. The van der Waals surface area contributed by atoms with Gasteiger partial charge in [-0.25, -0.2) is 4.79 Å². The number of esters is 1. The van der Waals surface area contributed by atoms with E-state index in [9.17, 15) is 4.79 Å². The van der Waals surface area contributed by atoms with E-state index in [1.807, 2.05) is 6.08 Å². The molecule has 1 spiro atoms. The van der Waals surface area contributed by atoms with Crippen molar-refractivity contribution in [1.29, 1.82) is 0 Å². The van der Waals surface area contributed by atoms with Crippen LogP contribution in [0.4, 0.5) is 0 Å². The van der Waals surface area contributed by atoms with Crippen LogP contribution in [0.3, 0.4) is 0 Å². The van der Waals surface area contributed by atoms with Gasteiger partial charge in [0, 0.05) is 18.4 Å². The number of carbonyl (C=O) groups excluding carboxylic acids is 1. The summed E-state index contributed by atoms with van der Waals surface area (Å²) in [6.45, 7) is 2.66. The van der Waals surface area contributed by atoms with Gasteiger partial charge in [0.15, 0.2) is 5.79 Å². The Balaban J connectivity index is 2.03. The average Bonchev–Trinajstić information content (AvgIpc) is 2.60. The topological polar surface area (TPSA) is 44.8 Å². The van der Waals surface area contributed by atoms with E-state index in [-0.39, 0.29) is 11.4 Å². The van der Waals surface area contributed by atoms with Gasteiger partial charge in [0.2, 0.25) is 0 Å². The fraction of sp³-hybridized carbons (Fsp3) is 0.727. The van der Waals surface area contributed by atoms with Gasteiger partial charge in [-0.15, -0.1) is 12.6 Å². The SMILES string of the molecule is CCOC(=O)C1=CCCC2(C1)OCC(S)O2. The van der Waals surface area contributed by atoms with E-state index in [2.05, 4.69) is 12.6 Å². The molecule has 16 heavy (non-hydrogen) atoms. The Morgan fingerprint density at radius 1 is 1.75 bits per heavy atom. The van der Waals surface area contributed by atoms with E-state index in [1.54, 1.807) is 6.92 Å². The molecule has 0 aromatic carbocycles. The molecule has 4 nitrogen and oxygen atoms in total. The molecule has 2 rings (SSSR count). The minimum atomic E-state index is -0.650. The molecule has 0 bridgehead atoms. The van der Waals surface area contributed by atoms with Crippen molar-refractivity contribution in [3.63, 3.8) is 0 Å². The summed E-state index contributed by atoms with van der Waals surface area (Å²) in [5.41, 5.74) is 0.456. The molecule has 0 radical (unpaired) electrons. The van der Waals surface area contributed by atoms with Crippen LogP contribution in [0.25, 0.3) is 0 Å². The molecule has 1 saturated heterocycles. The average molecular weight is 244 g/mol. The lowest BCUT2D eigenvalue weighted by Crippen LogP contribution is -2.34. The molecule has 0 amide bonds. The zero-order valence-corrected chi connectivity index (χ0v) is 10.2. The summed E-state index contributed by atoms with van der Waals surface area (Å²) in [6, 6.07) is 0. The monoisotopic (exact) mass is 244 g/mol. The Morgan fingerprint density at radius 3 is 3.19 bits per heavy atom. The van der Waals surface area contributed by atoms with Gasteiger partial charge in [-0.3, -0.25) is 0 Å². The predicted octanol–water partition coefficient (Wildman–Crippen LogP) is 1.66. The van der Waals surface area contributed by atoms with E-state index in [1.165, 1.54) is 0 Å². The van der Waals surface area contributed by atoms with Crippen LogP contribution < -0.4 is 0 Å². The first-order valence-electron chi connectivity index (χ1n) is 5.51. The first-order chi connectivity index (χ1) is 7.65.